The quantitative estimate of drug-likeness (QED) is 0.287. The Morgan fingerprint density at radius 3 is 2.36 bits per heavy atom. The third-order valence-electron chi connectivity index (χ3n) is 1.26. The summed E-state index contributed by atoms with van der Waals surface area (Å²) >= 11 is 2.31. The van der Waals surface area contributed by atoms with Crippen molar-refractivity contribution in [3.05, 3.63) is 29.8 Å². The summed E-state index contributed by atoms with van der Waals surface area (Å²) in [7, 11) is 0. The van der Waals surface area contributed by atoms with Crippen LogP contribution in [-0.4, -0.2) is 0 Å². The molecule has 0 fully saturated rings. The first kappa shape index (κ1) is 8.45. The van der Waals surface area contributed by atoms with Gasteiger partial charge in [-0.05, 0) is 17.7 Å². The minimum Gasteiger partial charge on any atom is -0.305 e. The SMILES string of the molecule is NN=Nc1ccc(CI)cc1. The van der Waals surface area contributed by atoms with Crippen molar-refractivity contribution in [1.82, 2.24) is 0 Å². The van der Waals surface area contributed by atoms with Crippen LogP contribution in [0.4, 0.5) is 5.69 Å². The summed E-state index contributed by atoms with van der Waals surface area (Å²) in [4.78, 5) is 0. The fourth-order valence-corrected chi connectivity index (χ4v) is 1.23. The van der Waals surface area contributed by atoms with E-state index in [0.717, 1.165) is 10.1 Å². The Morgan fingerprint density at radius 1 is 1.27 bits per heavy atom. The molecule has 0 aliphatic rings. The second-order valence-electron chi connectivity index (χ2n) is 2.02. The molecular formula is C7H8IN3. The maximum Gasteiger partial charge on any atom is 0.0874 e. The second kappa shape index (κ2) is 4.27. The zero-order chi connectivity index (χ0) is 8.10. The summed E-state index contributed by atoms with van der Waals surface area (Å²) < 4.78 is 1.01. The topological polar surface area (TPSA) is 50.7 Å². The fraction of sp³-hybridized carbons (Fsp3) is 0.143. The molecule has 0 spiro atoms. The first-order chi connectivity index (χ1) is 5.36. The van der Waals surface area contributed by atoms with Crippen LogP contribution < -0.4 is 5.84 Å². The summed E-state index contributed by atoms with van der Waals surface area (Å²) in [6.07, 6.45) is 0. The van der Waals surface area contributed by atoms with Crippen molar-refractivity contribution < 1.29 is 0 Å². The van der Waals surface area contributed by atoms with Crippen LogP contribution >= 0.6 is 22.6 Å². The molecule has 1 aromatic rings. The first-order valence-electron chi connectivity index (χ1n) is 3.12. The van der Waals surface area contributed by atoms with E-state index in [0.29, 0.717) is 0 Å². The van der Waals surface area contributed by atoms with Crippen LogP contribution in [0.2, 0.25) is 0 Å². The molecule has 4 heteroatoms. The molecule has 0 saturated heterocycles. The number of rotatable bonds is 2. The van der Waals surface area contributed by atoms with Gasteiger partial charge < -0.3 is 5.84 Å². The minimum atomic E-state index is 0.793. The van der Waals surface area contributed by atoms with E-state index in [4.69, 9.17) is 5.84 Å². The molecular weight excluding hydrogens is 253 g/mol. The van der Waals surface area contributed by atoms with Gasteiger partial charge in [0, 0.05) is 4.43 Å². The molecule has 0 saturated carbocycles. The van der Waals surface area contributed by atoms with Gasteiger partial charge >= 0.3 is 0 Å². The van der Waals surface area contributed by atoms with Crippen molar-refractivity contribution in [3.8, 4) is 0 Å². The van der Waals surface area contributed by atoms with E-state index in [1.54, 1.807) is 0 Å². The third kappa shape index (κ3) is 2.45. The van der Waals surface area contributed by atoms with E-state index in [1.165, 1.54) is 5.56 Å². The van der Waals surface area contributed by atoms with E-state index in [2.05, 4.69) is 32.9 Å². The van der Waals surface area contributed by atoms with Gasteiger partial charge in [0.15, 0.2) is 0 Å². The van der Waals surface area contributed by atoms with E-state index >= 15 is 0 Å². The normalized spacial score (nSPS) is 10.6. The van der Waals surface area contributed by atoms with Crippen LogP contribution in [0.5, 0.6) is 0 Å². The highest BCUT2D eigenvalue weighted by Crippen LogP contribution is 2.14. The van der Waals surface area contributed by atoms with E-state index in [-0.39, 0.29) is 0 Å². The van der Waals surface area contributed by atoms with Crippen molar-refractivity contribution in [2.75, 3.05) is 0 Å². The van der Waals surface area contributed by atoms with E-state index in [9.17, 15) is 0 Å². The molecule has 0 amide bonds. The predicted octanol–water partition coefficient (Wildman–Crippen LogP) is 2.58. The lowest BCUT2D eigenvalue weighted by Gasteiger charge is -1.93. The van der Waals surface area contributed by atoms with Gasteiger partial charge in [-0.3, -0.25) is 0 Å². The molecule has 58 valence electrons. The Labute approximate surface area is 78.8 Å². The standard InChI is InChI=1S/C7H8IN3/c8-5-6-1-3-7(4-2-6)10-11-9/h1-4H,5H2,(H2,9,10). The molecule has 0 aliphatic heterocycles. The van der Waals surface area contributed by atoms with Gasteiger partial charge in [0.2, 0.25) is 0 Å². The molecule has 0 bridgehead atoms. The van der Waals surface area contributed by atoms with Gasteiger partial charge in [-0.1, -0.05) is 39.9 Å². The van der Waals surface area contributed by atoms with Crippen molar-refractivity contribution >= 4 is 28.3 Å². The fourth-order valence-electron chi connectivity index (χ4n) is 0.718. The maximum atomic E-state index is 4.89. The molecule has 0 heterocycles. The summed E-state index contributed by atoms with van der Waals surface area (Å²) in [5.74, 6) is 4.89. The van der Waals surface area contributed by atoms with Gasteiger partial charge in [0.1, 0.15) is 0 Å². The number of nitrogens with two attached hydrogens (primary N) is 1. The van der Waals surface area contributed by atoms with E-state index in [1.807, 2.05) is 24.3 Å². The molecule has 1 aromatic carbocycles. The lowest BCUT2D eigenvalue weighted by atomic mass is 10.2. The van der Waals surface area contributed by atoms with Gasteiger partial charge in [0.25, 0.3) is 0 Å². The minimum absolute atomic E-state index is 0.793. The molecule has 0 unspecified atom stereocenters. The molecule has 3 nitrogen and oxygen atoms in total. The Hall–Kier alpha value is -0.650. The average molecular weight is 261 g/mol. The lowest BCUT2D eigenvalue weighted by Crippen LogP contribution is -1.76. The highest BCUT2D eigenvalue weighted by molar-refractivity contribution is 14.1. The lowest BCUT2D eigenvalue weighted by molar-refractivity contribution is 1.06. The predicted molar refractivity (Wildman–Crippen MR) is 52.9 cm³/mol. The van der Waals surface area contributed by atoms with E-state index < -0.39 is 0 Å². The monoisotopic (exact) mass is 261 g/mol. The van der Waals surface area contributed by atoms with Crippen molar-refractivity contribution in [2.24, 2.45) is 16.2 Å². The van der Waals surface area contributed by atoms with Gasteiger partial charge in [-0.15, -0.1) is 5.11 Å². The number of hydrogen-bond donors (Lipinski definition) is 1. The number of benzene rings is 1. The van der Waals surface area contributed by atoms with Crippen LogP contribution in [0.25, 0.3) is 0 Å². The van der Waals surface area contributed by atoms with Crippen molar-refractivity contribution in [3.63, 3.8) is 0 Å². The third-order valence-corrected chi connectivity index (χ3v) is 2.14. The smallest absolute Gasteiger partial charge is 0.0874 e. The Morgan fingerprint density at radius 2 is 1.91 bits per heavy atom. The average Bonchev–Trinajstić information content (AvgIpc) is 2.07. The highest BCUT2D eigenvalue weighted by Gasteiger charge is 1.89. The van der Waals surface area contributed by atoms with Gasteiger partial charge in [-0.2, -0.15) is 0 Å². The van der Waals surface area contributed by atoms with Crippen LogP contribution in [0.3, 0.4) is 0 Å². The zero-order valence-electron chi connectivity index (χ0n) is 5.87. The second-order valence-corrected chi connectivity index (χ2v) is 2.78. The zero-order valence-corrected chi connectivity index (χ0v) is 8.02. The number of nitrogens with zero attached hydrogens (tertiary/aromatic N) is 2. The van der Waals surface area contributed by atoms with Gasteiger partial charge in [0.05, 0.1) is 5.69 Å². The number of halogens is 1. The molecule has 1 rings (SSSR count). The molecule has 0 radical (unpaired) electrons. The Bertz CT molecular complexity index is 242. The van der Waals surface area contributed by atoms with Crippen molar-refractivity contribution in [2.45, 2.75) is 4.43 Å². The van der Waals surface area contributed by atoms with Gasteiger partial charge in [-0.25, -0.2) is 0 Å². The Kier molecular flexibility index (Phi) is 3.28. The summed E-state index contributed by atoms with van der Waals surface area (Å²) in [6.45, 7) is 0. The van der Waals surface area contributed by atoms with Crippen LogP contribution in [0, 0.1) is 0 Å². The molecule has 0 aromatic heterocycles. The summed E-state index contributed by atoms with van der Waals surface area (Å²) in [5, 5.41) is 6.87. The highest BCUT2D eigenvalue weighted by atomic mass is 127. The first-order valence-corrected chi connectivity index (χ1v) is 4.65. The molecule has 0 atom stereocenters. The summed E-state index contributed by atoms with van der Waals surface area (Å²) in [5.41, 5.74) is 2.07. The number of hydrogen-bond acceptors (Lipinski definition) is 2. The Balaban J connectivity index is 2.82. The molecule has 11 heavy (non-hydrogen) atoms. The molecule has 2 N–H and O–H groups in total. The van der Waals surface area contributed by atoms with Crippen molar-refractivity contribution in [1.29, 1.82) is 0 Å². The number of alkyl halides is 1. The summed E-state index contributed by atoms with van der Waals surface area (Å²) in [6, 6.07) is 7.81. The van der Waals surface area contributed by atoms with Crippen LogP contribution in [0.15, 0.2) is 34.6 Å². The maximum absolute atomic E-state index is 4.89. The van der Waals surface area contributed by atoms with Crippen LogP contribution in [-0.2, 0) is 4.43 Å². The molecule has 0 aliphatic carbocycles. The largest absolute Gasteiger partial charge is 0.305 e. The van der Waals surface area contributed by atoms with Crippen LogP contribution in [0.1, 0.15) is 5.56 Å².